The smallest absolute Gasteiger partial charge is 0.191 e. The van der Waals surface area contributed by atoms with Gasteiger partial charge in [0.05, 0.1) is 5.60 Å². The Balaban J connectivity index is 0.00000288. The summed E-state index contributed by atoms with van der Waals surface area (Å²) in [5.41, 5.74) is 2.55. The fourth-order valence-corrected chi connectivity index (χ4v) is 3.18. The molecule has 0 bridgehead atoms. The first kappa shape index (κ1) is 21.2. The summed E-state index contributed by atoms with van der Waals surface area (Å²) in [7, 11) is 3.61. The van der Waals surface area contributed by atoms with Crippen molar-refractivity contribution >= 4 is 29.9 Å². The average Bonchev–Trinajstić information content (AvgIpc) is 2.54. The third kappa shape index (κ3) is 4.20. The summed E-state index contributed by atoms with van der Waals surface area (Å²) < 4.78 is 5.68. The van der Waals surface area contributed by atoms with E-state index >= 15 is 0 Å². The number of aromatic nitrogens is 1. The third-order valence-corrected chi connectivity index (χ3v) is 5.64. The summed E-state index contributed by atoms with van der Waals surface area (Å²) in [5, 5.41) is 6.94. The van der Waals surface area contributed by atoms with Crippen LogP contribution >= 0.6 is 24.0 Å². The number of rotatable bonds is 5. The topological polar surface area (TPSA) is 58.5 Å². The minimum atomic E-state index is -0.0718. The van der Waals surface area contributed by atoms with Gasteiger partial charge in [-0.2, -0.15) is 0 Å². The number of nitrogens with zero attached hydrogens (tertiary/aromatic N) is 2. The summed E-state index contributed by atoms with van der Waals surface area (Å²) in [5.74, 6) is 0.855. The second-order valence-corrected chi connectivity index (χ2v) is 7.11. The monoisotopic (exact) mass is 446 g/mol. The predicted molar refractivity (Wildman–Crippen MR) is 110 cm³/mol. The number of methoxy groups -OCH3 is 1. The molecule has 0 saturated heterocycles. The molecule has 0 aromatic carbocycles. The Labute approximate surface area is 163 Å². The molecular weight excluding hydrogens is 415 g/mol. The number of halogens is 1. The molecule has 2 atom stereocenters. The summed E-state index contributed by atoms with van der Waals surface area (Å²) in [4.78, 5) is 8.48. The number of hydrogen-bond donors (Lipinski definition) is 2. The van der Waals surface area contributed by atoms with Crippen molar-refractivity contribution in [1.29, 1.82) is 0 Å². The van der Waals surface area contributed by atoms with Crippen molar-refractivity contribution in [3.8, 4) is 0 Å². The van der Waals surface area contributed by atoms with Crippen molar-refractivity contribution in [2.45, 2.75) is 52.2 Å². The SMILES string of the molecule is CN=C(NCCc1ccncc1C)NC1CC(C)(OC)C1(C)C.I. The minimum absolute atomic E-state index is 0. The lowest BCUT2D eigenvalue weighted by molar-refractivity contribution is -0.176. The Morgan fingerprint density at radius 2 is 2.12 bits per heavy atom. The van der Waals surface area contributed by atoms with Crippen LogP contribution in [0, 0.1) is 12.3 Å². The van der Waals surface area contributed by atoms with Gasteiger partial charge >= 0.3 is 0 Å². The van der Waals surface area contributed by atoms with Gasteiger partial charge in [-0.05, 0) is 43.9 Å². The highest BCUT2D eigenvalue weighted by Crippen LogP contribution is 2.51. The molecule has 0 spiro atoms. The number of aryl methyl sites for hydroxylation is 1. The van der Waals surface area contributed by atoms with Crippen molar-refractivity contribution in [3.63, 3.8) is 0 Å². The standard InChI is InChI=1S/C18H30N4O.HI/c1-13-12-20-9-7-14(13)8-10-21-16(19-5)22-15-11-18(4,23-6)17(15,2)3;/h7,9,12,15H,8,10-11H2,1-6H3,(H2,19,21,22);1H. The number of aliphatic imine (C=N–C) groups is 1. The molecule has 1 aliphatic carbocycles. The molecule has 0 aliphatic heterocycles. The van der Waals surface area contributed by atoms with E-state index < -0.39 is 0 Å². The zero-order valence-corrected chi connectivity index (χ0v) is 18.0. The largest absolute Gasteiger partial charge is 0.378 e. The number of pyridine rings is 1. The van der Waals surface area contributed by atoms with E-state index in [1.165, 1.54) is 11.1 Å². The number of hydrogen-bond acceptors (Lipinski definition) is 3. The van der Waals surface area contributed by atoms with Crippen molar-refractivity contribution in [2.75, 3.05) is 20.7 Å². The van der Waals surface area contributed by atoms with E-state index in [0.29, 0.717) is 6.04 Å². The lowest BCUT2D eigenvalue weighted by atomic mass is 9.56. The van der Waals surface area contributed by atoms with Crippen LogP contribution in [0.4, 0.5) is 0 Å². The van der Waals surface area contributed by atoms with E-state index in [1.807, 2.05) is 19.4 Å². The molecule has 1 fully saturated rings. The van der Waals surface area contributed by atoms with Gasteiger partial charge < -0.3 is 15.4 Å². The van der Waals surface area contributed by atoms with Crippen LogP contribution in [0.15, 0.2) is 23.5 Å². The van der Waals surface area contributed by atoms with E-state index in [4.69, 9.17) is 4.74 Å². The van der Waals surface area contributed by atoms with Crippen LogP contribution in [0.5, 0.6) is 0 Å². The number of guanidine groups is 1. The van der Waals surface area contributed by atoms with Gasteiger partial charge in [0, 0.05) is 44.6 Å². The first-order valence-corrected chi connectivity index (χ1v) is 8.26. The van der Waals surface area contributed by atoms with Gasteiger partial charge in [-0.25, -0.2) is 0 Å². The molecule has 0 amide bonds. The Kier molecular flexibility index (Phi) is 7.46. The first-order valence-electron chi connectivity index (χ1n) is 8.26. The fraction of sp³-hybridized carbons (Fsp3) is 0.667. The molecule has 2 unspecified atom stereocenters. The second kappa shape index (κ2) is 8.47. The van der Waals surface area contributed by atoms with Gasteiger partial charge in [0.15, 0.2) is 5.96 Å². The average molecular weight is 446 g/mol. The Bertz CT molecular complexity index is 576. The van der Waals surface area contributed by atoms with Crippen LogP contribution < -0.4 is 10.6 Å². The summed E-state index contributed by atoms with van der Waals surface area (Å²) >= 11 is 0. The highest BCUT2D eigenvalue weighted by Gasteiger charge is 2.57. The lowest BCUT2D eigenvalue weighted by Gasteiger charge is -2.59. The van der Waals surface area contributed by atoms with Gasteiger partial charge in [0.1, 0.15) is 0 Å². The molecule has 1 heterocycles. The van der Waals surface area contributed by atoms with Crippen LogP contribution in [0.3, 0.4) is 0 Å². The highest BCUT2D eigenvalue weighted by molar-refractivity contribution is 14.0. The molecule has 6 heteroatoms. The van der Waals surface area contributed by atoms with Gasteiger partial charge in [0.25, 0.3) is 0 Å². The van der Waals surface area contributed by atoms with Crippen molar-refractivity contribution in [3.05, 3.63) is 29.6 Å². The van der Waals surface area contributed by atoms with E-state index in [2.05, 4.69) is 54.4 Å². The van der Waals surface area contributed by atoms with Gasteiger partial charge in [-0.15, -0.1) is 24.0 Å². The second-order valence-electron chi connectivity index (χ2n) is 7.11. The molecular formula is C18H31IN4O. The summed E-state index contributed by atoms with van der Waals surface area (Å²) in [6.45, 7) is 9.60. The normalized spacial score (nSPS) is 25.4. The lowest BCUT2D eigenvalue weighted by Crippen LogP contribution is -2.69. The van der Waals surface area contributed by atoms with Crippen LogP contribution in [-0.4, -0.2) is 43.3 Å². The van der Waals surface area contributed by atoms with Crippen molar-refractivity contribution in [1.82, 2.24) is 15.6 Å². The fourth-order valence-electron chi connectivity index (χ4n) is 3.18. The van der Waals surface area contributed by atoms with E-state index in [-0.39, 0.29) is 35.0 Å². The summed E-state index contributed by atoms with van der Waals surface area (Å²) in [6, 6.07) is 2.44. The maximum Gasteiger partial charge on any atom is 0.191 e. The molecule has 1 aromatic heterocycles. The molecule has 1 aromatic rings. The molecule has 2 N–H and O–H groups in total. The van der Waals surface area contributed by atoms with Crippen LogP contribution in [0.25, 0.3) is 0 Å². The molecule has 2 rings (SSSR count). The quantitative estimate of drug-likeness (QED) is 0.415. The van der Waals surface area contributed by atoms with Crippen LogP contribution in [0.1, 0.15) is 38.3 Å². The van der Waals surface area contributed by atoms with Crippen LogP contribution in [0.2, 0.25) is 0 Å². The van der Waals surface area contributed by atoms with Crippen LogP contribution in [-0.2, 0) is 11.2 Å². The van der Waals surface area contributed by atoms with Gasteiger partial charge in [-0.3, -0.25) is 9.98 Å². The van der Waals surface area contributed by atoms with Crippen molar-refractivity contribution < 1.29 is 4.74 Å². The zero-order chi connectivity index (χ0) is 17.1. The molecule has 5 nitrogen and oxygen atoms in total. The molecule has 1 saturated carbocycles. The molecule has 1 aliphatic rings. The van der Waals surface area contributed by atoms with Crippen molar-refractivity contribution in [2.24, 2.45) is 10.4 Å². The summed E-state index contributed by atoms with van der Waals surface area (Å²) in [6.07, 6.45) is 5.70. The molecule has 0 radical (unpaired) electrons. The van der Waals surface area contributed by atoms with Gasteiger partial charge in [0.2, 0.25) is 0 Å². The predicted octanol–water partition coefficient (Wildman–Crippen LogP) is 2.92. The zero-order valence-electron chi connectivity index (χ0n) is 15.6. The molecule has 24 heavy (non-hydrogen) atoms. The Hall–Kier alpha value is -0.890. The maximum absolute atomic E-state index is 5.68. The highest BCUT2D eigenvalue weighted by atomic mass is 127. The van der Waals surface area contributed by atoms with E-state index in [1.54, 1.807) is 7.11 Å². The van der Waals surface area contributed by atoms with Gasteiger partial charge in [-0.1, -0.05) is 13.8 Å². The number of ether oxygens (including phenoxy) is 1. The maximum atomic E-state index is 5.68. The minimum Gasteiger partial charge on any atom is -0.378 e. The Morgan fingerprint density at radius 3 is 2.67 bits per heavy atom. The first-order chi connectivity index (χ1) is 10.8. The van der Waals surface area contributed by atoms with E-state index in [0.717, 1.165) is 25.3 Å². The number of nitrogens with one attached hydrogen (secondary N) is 2. The molecule has 136 valence electrons. The Morgan fingerprint density at radius 1 is 1.42 bits per heavy atom. The van der Waals surface area contributed by atoms with E-state index in [9.17, 15) is 0 Å². The third-order valence-electron chi connectivity index (χ3n) is 5.64.